The highest BCUT2D eigenvalue weighted by molar-refractivity contribution is 4.76. The molecule has 16 heavy (non-hydrogen) atoms. The number of ether oxygens (including phenoxy) is 1. The van der Waals surface area contributed by atoms with Gasteiger partial charge >= 0.3 is 0 Å². The topological polar surface area (TPSA) is 47.3 Å². The van der Waals surface area contributed by atoms with Gasteiger partial charge in [0.1, 0.15) is 0 Å². The van der Waals surface area contributed by atoms with Gasteiger partial charge in [-0.15, -0.1) is 0 Å². The van der Waals surface area contributed by atoms with Gasteiger partial charge in [0, 0.05) is 19.3 Å². The molecule has 0 spiro atoms. The lowest BCUT2D eigenvalue weighted by Crippen LogP contribution is -2.42. The zero-order valence-electron chi connectivity index (χ0n) is 10.7. The Morgan fingerprint density at radius 1 is 1.19 bits per heavy atom. The molecule has 1 heterocycles. The summed E-state index contributed by atoms with van der Waals surface area (Å²) in [5.74, 6) is 6.38. The number of hydrogen-bond acceptors (Lipinski definition) is 3. The first kappa shape index (κ1) is 13.9. The molecule has 1 unspecified atom stereocenters. The van der Waals surface area contributed by atoms with E-state index in [1.54, 1.807) is 0 Å². The van der Waals surface area contributed by atoms with Crippen molar-refractivity contribution in [1.29, 1.82) is 0 Å². The Bertz CT molecular complexity index is 158. The lowest BCUT2D eigenvalue weighted by atomic mass is 9.89. The predicted molar refractivity (Wildman–Crippen MR) is 68.0 cm³/mol. The number of hydrogen-bond donors (Lipinski definition) is 2. The van der Waals surface area contributed by atoms with Crippen LogP contribution in [0.15, 0.2) is 0 Å². The maximum Gasteiger partial charge on any atom is 0.0469 e. The van der Waals surface area contributed by atoms with Crippen molar-refractivity contribution in [3.63, 3.8) is 0 Å². The van der Waals surface area contributed by atoms with Crippen LogP contribution in [0.1, 0.15) is 58.3 Å². The third kappa shape index (κ3) is 5.28. The van der Waals surface area contributed by atoms with Crippen molar-refractivity contribution < 1.29 is 4.74 Å². The minimum absolute atomic E-state index is 0.505. The van der Waals surface area contributed by atoms with Crippen molar-refractivity contribution in [1.82, 2.24) is 5.43 Å². The van der Waals surface area contributed by atoms with Gasteiger partial charge in [-0.2, -0.15) is 0 Å². The van der Waals surface area contributed by atoms with Crippen molar-refractivity contribution in [2.45, 2.75) is 64.3 Å². The summed E-state index contributed by atoms with van der Waals surface area (Å²) in [7, 11) is 0. The van der Waals surface area contributed by atoms with Crippen molar-refractivity contribution in [3.8, 4) is 0 Å². The number of rotatable bonds is 8. The Labute approximate surface area is 100 Å². The summed E-state index contributed by atoms with van der Waals surface area (Å²) in [4.78, 5) is 0. The van der Waals surface area contributed by atoms with Crippen LogP contribution in [-0.2, 0) is 4.74 Å². The molecular weight excluding hydrogens is 200 g/mol. The van der Waals surface area contributed by atoms with Crippen LogP contribution in [0.25, 0.3) is 0 Å². The van der Waals surface area contributed by atoms with Crippen molar-refractivity contribution in [2.24, 2.45) is 11.8 Å². The van der Waals surface area contributed by atoms with Crippen LogP contribution in [0, 0.1) is 5.92 Å². The quantitative estimate of drug-likeness (QED) is 0.381. The molecular formula is C13H28N2O. The third-order valence-electron chi connectivity index (χ3n) is 3.67. The van der Waals surface area contributed by atoms with E-state index in [-0.39, 0.29) is 0 Å². The highest BCUT2D eigenvalue weighted by Gasteiger charge is 2.22. The Balaban J connectivity index is 2.10. The highest BCUT2D eigenvalue weighted by atomic mass is 16.5. The summed E-state index contributed by atoms with van der Waals surface area (Å²) in [5.41, 5.74) is 3.01. The Morgan fingerprint density at radius 2 is 1.88 bits per heavy atom. The number of nitrogens with one attached hydrogen (secondary N) is 1. The van der Waals surface area contributed by atoms with Gasteiger partial charge in [-0.05, 0) is 25.2 Å². The molecule has 0 saturated carbocycles. The maximum atomic E-state index is 5.65. The fourth-order valence-corrected chi connectivity index (χ4v) is 2.54. The minimum atomic E-state index is 0.505. The van der Waals surface area contributed by atoms with E-state index in [4.69, 9.17) is 10.6 Å². The molecule has 0 aromatic carbocycles. The van der Waals surface area contributed by atoms with Gasteiger partial charge in [0.15, 0.2) is 0 Å². The van der Waals surface area contributed by atoms with Gasteiger partial charge in [0.05, 0.1) is 0 Å². The summed E-state index contributed by atoms with van der Waals surface area (Å²) < 4.78 is 5.38. The van der Waals surface area contributed by atoms with E-state index in [2.05, 4.69) is 12.3 Å². The summed E-state index contributed by atoms with van der Waals surface area (Å²) in [6, 6.07) is 0.505. The maximum absolute atomic E-state index is 5.65. The van der Waals surface area contributed by atoms with Crippen LogP contribution in [-0.4, -0.2) is 19.3 Å². The first-order chi connectivity index (χ1) is 7.88. The van der Waals surface area contributed by atoms with Crippen molar-refractivity contribution in [2.75, 3.05) is 13.2 Å². The standard InChI is InChI=1S/C13H28N2O/c1-2-3-4-5-6-7-13(15-14)12-8-10-16-11-9-12/h12-13,15H,2-11,14H2,1H3. The Morgan fingerprint density at radius 3 is 2.50 bits per heavy atom. The van der Waals surface area contributed by atoms with Gasteiger partial charge < -0.3 is 4.74 Å². The SMILES string of the molecule is CCCCCCCC(NN)C1CCOCC1. The molecule has 1 aliphatic heterocycles. The molecule has 0 aliphatic carbocycles. The van der Waals surface area contributed by atoms with E-state index < -0.39 is 0 Å². The summed E-state index contributed by atoms with van der Waals surface area (Å²) in [6.45, 7) is 4.09. The second-order valence-corrected chi connectivity index (χ2v) is 4.93. The van der Waals surface area contributed by atoms with Crippen LogP contribution < -0.4 is 11.3 Å². The first-order valence-corrected chi connectivity index (χ1v) is 6.92. The third-order valence-corrected chi connectivity index (χ3v) is 3.67. The molecule has 0 amide bonds. The largest absolute Gasteiger partial charge is 0.381 e. The molecule has 1 fully saturated rings. The molecule has 1 atom stereocenters. The van der Waals surface area contributed by atoms with E-state index in [1.807, 2.05) is 0 Å². The van der Waals surface area contributed by atoms with Crippen LogP contribution in [0.3, 0.4) is 0 Å². The van der Waals surface area contributed by atoms with E-state index in [0.29, 0.717) is 6.04 Å². The molecule has 0 radical (unpaired) electrons. The van der Waals surface area contributed by atoms with Gasteiger partial charge in [-0.3, -0.25) is 11.3 Å². The molecule has 3 heteroatoms. The van der Waals surface area contributed by atoms with Gasteiger partial charge in [-0.25, -0.2) is 0 Å². The number of nitrogens with two attached hydrogens (primary N) is 1. The van der Waals surface area contributed by atoms with E-state index in [9.17, 15) is 0 Å². The Kier molecular flexibility index (Phi) is 7.81. The van der Waals surface area contributed by atoms with Crippen LogP contribution in [0.5, 0.6) is 0 Å². The van der Waals surface area contributed by atoms with Gasteiger partial charge in [0.25, 0.3) is 0 Å². The van der Waals surface area contributed by atoms with Crippen LogP contribution in [0.4, 0.5) is 0 Å². The van der Waals surface area contributed by atoms with E-state index >= 15 is 0 Å². The summed E-state index contributed by atoms with van der Waals surface area (Å²) in [6.07, 6.45) is 10.3. The molecule has 96 valence electrons. The number of hydrazine groups is 1. The van der Waals surface area contributed by atoms with Crippen LogP contribution >= 0.6 is 0 Å². The minimum Gasteiger partial charge on any atom is -0.381 e. The fraction of sp³-hybridized carbons (Fsp3) is 1.00. The Hall–Kier alpha value is -0.120. The van der Waals surface area contributed by atoms with Gasteiger partial charge in [-0.1, -0.05) is 39.0 Å². The second kappa shape index (κ2) is 8.97. The summed E-state index contributed by atoms with van der Waals surface area (Å²) >= 11 is 0. The van der Waals surface area contributed by atoms with Gasteiger partial charge in [0.2, 0.25) is 0 Å². The monoisotopic (exact) mass is 228 g/mol. The molecule has 3 nitrogen and oxygen atoms in total. The van der Waals surface area contributed by atoms with Crippen LogP contribution in [0.2, 0.25) is 0 Å². The molecule has 1 saturated heterocycles. The molecule has 3 N–H and O–H groups in total. The molecule has 0 bridgehead atoms. The zero-order chi connectivity index (χ0) is 11.6. The smallest absolute Gasteiger partial charge is 0.0469 e. The first-order valence-electron chi connectivity index (χ1n) is 6.92. The molecule has 1 aliphatic rings. The van der Waals surface area contributed by atoms with Crippen molar-refractivity contribution in [3.05, 3.63) is 0 Å². The molecule has 1 rings (SSSR count). The zero-order valence-corrected chi connectivity index (χ0v) is 10.7. The lowest BCUT2D eigenvalue weighted by molar-refractivity contribution is 0.0522. The predicted octanol–water partition coefficient (Wildman–Crippen LogP) is 2.61. The number of unbranched alkanes of at least 4 members (excludes halogenated alkanes) is 4. The average Bonchev–Trinajstić information content (AvgIpc) is 2.35. The highest BCUT2D eigenvalue weighted by Crippen LogP contribution is 2.22. The average molecular weight is 228 g/mol. The lowest BCUT2D eigenvalue weighted by Gasteiger charge is -2.29. The summed E-state index contributed by atoms with van der Waals surface area (Å²) in [5, 5.41) is 0. The fourth-order valence-electron chi connectivity index (χ4n) is 2.54. The molecule has 0 aromatic heterocycles. The van der Waals surface area contributed by atoms with Crippen molar-refractivity contribution >= 4 is 0 Å². The normalized spacial score (nSPS) is 19.9. The van der Waals surface area contributed by atoms with E-state index in [0.717, 1.165) is 19.1 Å². The molecule has 0 aromatic rings. The second-order valence-electron chi connectivity index (χ2n) is 4.93. The van der Waals surface area contributed by atoms with E-state index in [1.165, 1.54) is 51.4 Å².